The van der Waals surface area contributed by atoms with Crippen molar-refractivity contribution in [3.05, 3.63) is 26.2 Å². The quantitative estimate of drug-likeness (QED) is 0.291. The van der Waals surface area contributed by atoms with Gasteiger partial charge in [0.2, 0.25) is 0 Å². The molecule has 1 aliphatic heterocycles. The van der Waals surface area contributed by atoms with E-state index in [0.29, 0.717) is 30.3 Å². The third-order valence-electron chi connectivity index (χ3n) is 3.50. The molecule has 1 fully saturated rings. The maximum Gasteiger partial charge on any atom is 0.326 e. The summed E-state index contributed by atoms with van der Waals surface area (Å²) in [6, 6.07) is 3.61. The van der Waals surface area contributed by atoms with E-state index in [9.17, 15) is 14.4 Å². The number of benzene rings is 1. The molecule has 1 saturated heterocycles. The molecule has 1 heterocycles. The van der Waals surface area contributed by atoms with Crippen LogP contribution in [-0.2, 0) is 14.3 Å². The average molecular weight is 533 g/mol. The fourth-order valence-corrected chi connectivity index (χ4v) is 4.13. The van der Waals surface area contributed by atoms with Crippen molar-refractivity contribution < 1.29 is 28.6 Å². The van der Waals surface area contributed by atoms with Gasteiger partial charge in [0, 0.05) is 0 Å². The molecular formula is C20H24INO6S. The molecule has 0 spiro atoms. The van der Waals surface area contributed by atoms with Crippen LogP contribution in [0, 0.1) is 3.57 Å². The third-order valence-corrected chi connectivity index (χ3v) is 5.21. The second-order valence-corrected chi connectivity index (χ2v) is 9.21. The number of esters is 1. The van der Waals surface area contributed by atoms with E-state index in [0.717, 1.165) is 20.2 Å². The van der Waals surface area contributed by atoms with Crippen molar-refractivity contribution in [1.82, 2.24) is 4.90 Å². The Morgan fingerprint density at radius 1 is 1.17 bits per heavy atom. The Bertz CT molecular complexity index is 846. The Kier molecular flexibility index (Phi) is 7.98. The van der Waals surface area contributed by atoms with E-state index < -0.39 is 29.3 Å². The van der Waals surface area contributed by atoms with Crippen LogP contribution in [0.5, 0.6) is 11.5 Å². The number of carbonyl (C=O) groups excluding carboxylic acids is 3. The number of halogens is 1. The summed E-state index contributed by atoms with van der Waals surface area (Å²) in [5.74, 6) is 0.0635. The Hall–Kier alpha value is -1.75. The van der Waals surface area contributed by atoms with Crippen molar-refractivity contribution in [1.29, 1.82) is 0 Å². The number of imide groups is 1. The van der Waals surface area contributed by atoms with Gasteiger partial charge in [-0.05, 0) is 92.7 Å². The summed E-state index contributed by atoms with van der Waals surface area (Å²) >= 11 is 2.93. The van der Waals surface area contributed by atoms with Gasteiger partial charge in [0.25, 0.3) is 11.1 Å². The first-order chi connectivity index (χ1) is 13.6. The maximum absolute atomic E-state index is 12.6. The second kappa shape index (κ2) is 9.84. The van der Waals surface area contributed by atoms with E-state index in [-0.39, 0.29) is 4.91 Å². The van der Waals surface area contributed by atoms with Crippen LogP contribution in [-0.4, -0.2) is 47.4 Å². The Labute approximate surface area is 188 Å². The molecule has 0 aliphatic carbocycles. The zero-order valence-corrected chi connectivity index (χ0v) is 20.0. The first-order valence-corrected chi connectivity index (χ1v) is 11.0. The van der Waals surface area contributed by atoms with Gasteiger partial charge < -0.3 is 14.2 Å². The zero-order chi connectivity index (χ0) is 21.8. The fourth-order valence-electron chi connectivity index (χ4n) is 2.51. The van der Waals surface area contributed by atoms with Gasteiger partial charge in [-0.25, -0.2) is 0 Å². The highest BCUT2D eigenvalue weighted by atomic mass is 127. The van der Waals surface area contributed by atoms with E-state index in [1.165, 1.54) is 0 Å². The highest BCUT2D eigenvalue weighted by molar-refractivity contribution is 14.1. The Morgan fingerprint density at radius 3 is 2.41 bits per heavy atom. The molecule has 9 heteroatoms. The highest BCUT2D eigenvalue weighted by Gasteiger charge is 2.37. The smallest absolute Gasteiger partial charge is 0.326 e. The molecule has 1 aliphatic rings. The molecule has 7 nitrogen and oxygen atoms in total. The number of carbonyl (C=O) groups is 3. The summed E-state index contributed by atoms with van der Waals surface area (Å²) in [6.45, 7) is 9.49. The molecule has 0 bridgehead atoms. The molecule has 2 amide bonds. The van der Waals surface area contributed by atoms with Crippen molar-refractivity contribution in [3.8, 4) is 11.5 Å². The molecule has 0 N–H and O–H groups in total. The van der Waals surface area contributed by atoms with Gasteiger partial charge in [-0.3, -0.25) is 19.3 Å². The highest BCUT2D eigenvalue weighted by Crippen LogP contribution is 2.37. The number of thioether (sulfide) groups is 1. The lowest BCUT2D eigenvalue weighted by atomic mass is 10.2. The maximum atomic E-state index is 12.6. The van der Waals surface area contributed by atoms with Crippen molar-refractivity contribution in [3.63, 3.8) is 0 Å². The predicted octanol–water partition coefficient (Wildman–Crippen LogP) is 4.47. The molecule has 0 atom stereocenters. The van der Waals surface area contributed by atoms with Crippen molar-refractivity contribution in [2.75, 3.05) is 19.8 Å². The van der Waals surface area contributed by atoms with Crippen molar-refractivity contribution >= 4 is 57.5 Å². The zero-order valence-electron chi connectivity index (χ0n) is 17.0. The number of amides is 2. The molecule has 1 aromatic carbocycles. The monoisotopic (exact) mass is 533 g/mol. The molecule has 158 valence electrons. The van der Waals surface area contributed by atoms with E-state index in [1.54, 1.807) is 32.9 Å². The SMILES string of the molecule is CCOc1cc(C=C2SC(=O)N(CC(=O)OC(C)(C)C)C2=O)cc(I)c1OCC. The molecule has 0 radical (unpaired) electrons. The molecule has 0 unspecified atom stereocenters. The van der Waals surface area contributed by atoms with Crippen LogP contribution in [0.25, 0.3) is 6.08 Å². The number of rotatable bonds is 7. The van der Waals surface area contributed by atoms with Gasteiger partial charge >= 0.3 is 5.97 Å². The van der Waals surface area contributed by atoms with E-state index in [1.807, 2.05) is 19.9 Å². The number of hydrogen-bond acceptors (Lipinski definition) is 7. The predicted molar refractivity (Wildman–Crippen MR) is 120 cm³/mol. The number of ether oxygens (including phenoxy) is 3. The van der Waals surface area contributed by atoms with Crippen molar-refractivity contribution in [2.24, 2.45) is 0 Å². The van der Waals surface area contributed by atoms with Crippen LogP contribution in [0.15, 0.2) is 17.0 Å². The average Bonchev–Trinajstić information content (AvgIpc) is 2.84. The molecule has 29 heavy (non-hydrogen) atoms. The molecular weight excluding hydrogens is 509 g/mol. The minimum atomic E-state index is -0.691. The van der Waals surface area contributed by atoms with Crippen LogP contribution in [0.4, 0.5) is 4.79 Å². The topological polar surface area (TPSA) is 82.1 Å². The van der Waals surface area contributed by atoms with Crippen LogP contribution >= 0.6 is 34.4 Å². The number of nitrogens with zero attached hydrogens (tertiary/aromatic N) is 1. The second-order valence-electron chi connectivity index (χ2n) is 7.05. The Morgan fingerprint density at radius 2 is 1.83 bits per heavy atom. The van der Waals surface area contributed by atoms with Gasteiger partial charge in [0.15, 0.2) is 11.5 Å². The van der Waals surface area contributed by atoms with Gasteiger partial charge in [0.05, 0.1) is 21.7 Å². The molecule has 2 rings (SSSR count). The van der Waals surface area contributed by atoms with Crippen LogP contribution in [0.3, 0.4) is 0 Å². The lowest BCUT2D eigenvalue weighted by molar-refractivity contribution is -0.156. The normalized spacial score (nSPS) is 15.8. The van der Waals surface area contributed by atoms with Crippen LogP contribution < -0.4 is 9.47 Å². The summed E-state index contributed by atoms with van der Waals surface area (Å²) in [7, 11) is 0. The lowest BCUT2D eigenvalue weighted by Gasteiger charge is -2.21. The Balaban J connectivity index is 2.25. The largest absolute Gasteiger partial charge is 0.490 e. The van der Waals surface area contributed by atoms with Crippen LogP contribution in [0.1, 0.15) is 40.2 Å². The van der Waals surface area contributed by atoms with Gasteiger partial charge in [0.1, 0.15) is 12.1 Å². The van der Waals surface area contributed by atoms with Crippen LogP contribution in [0.2, 0.25) is 0 Å². The van der Waals surface area contributed by atoms with Gasteiger partial charge in [-0.15, -0.1) is 0 Å². The fraction of sp³-hybridized carbons (Fsp3) is 0.450. The first-order valence-electron chi connectivity index (χ1n) is 9.12. The summed E-state index contributed by atoms with van der Waals surface area (Å²) in [5.41, 5.74) is 0.00713. The molecule has 0 saturated carbocycles. The van der Waals surface area contributed by atoms with E-state index in [4.69, 9.17) is 14.2 Å². The molecule has 0 aromatic heterocycles. The summed E-state index contributed by atoms with van der Waals surface area (Å²) in [5, 5.41) is -0.502. The molecule has 1 aromatic rings. The lowest BCUT2D eigenvalue weighted by Crippen LogP contribution is -2.37. The van der Waals surface area contributed by atoms with E-state index in [2.05, 4.69) is 22.6 Å². The first kappa shape index (κ1) is 23.5. The minimum absolute atomic E-state index is 0.237. The summed E-state index contributed by atoms with van der Waals surface area (Å²) < 4.78 is 17.3. The van der Waals surface area contributed by atoms with Gasteiger partial charge in [-0.1, -0.05) is 0 Å². The third kappa shape index (κ3) is 6.36. The van der Waals surface area contributed by atoms with Crippen molar-refractivity contribution in [2.45, 2.75) is 40.2 Å². The standard InChI is InChI=1S/C20H24INO6S/c1-6-26-14-9-12(8-13(21)17(14)27-7-2)10-15-18(24)22(19(25)29-15)11-16(23)28-20(3,4)5/h8-10H,6-7,11H2,1-5H3. The van der Waals surface area contributed by atoms with E-state index >= 15 is 0 Å². The summed E-state index contributed by atoms with van der Waals surface area (Å²) in [6.07, 6.45) is 1.61. The number of hydrogen-bond donors (Lipinski definition) is 0. The summed E-state index contributed by atoms with van der Waals surface area (Å²) in [4.78, 5) is 38.0. The minimum Gasteiger partial charge on any atom is -0.490 e. The van der Waals surface area contributed by atoms with Gasteiger partial charge in [-0.2, -0.15) is 0 Å².